The lowest BCUT2D eigenvalue weighted by atomic mass is 10.2. The van der Waals surface area contributed by atoms with Crippen molar-refractivity contribution in [2.45, 2.75) is 32.9 Å². The number of aryl methyl sites for hydroxylation is 1. The monoisotopic (exact) mass is 351 g/mol. The van der Waals surface area contributed by atoms with Crippen molar-refractivity contribution in [1.29, 1.82) is 0 Å². The average molecular weight is 352 g/mol. The molecule has 0 bridgehead atoms. The average Bonchev–Trinajstić information content (AvgIpc) is 2.53. The van der Waals surface area contributed by atoms with E-state index in [2.05, 4.69) is 5.32 Å². The minimum atomic E-state index is -0.538. The normalized spacial score (nSPS) is 11.8. The van der Waals surface area contributed by atoms with Gasteiger partial charge in [-0.25, -0.2) is 0 Å². The first-order chi connectivity index (χ1) is 11.0. The number of hydrogen-bond acceptors (Lipinski definition) is 2. The minimum Gasteiger partial charge on any atom is -0.481 e. The van der Waals surface area contributed by atoms with Crippen LogP contribution in [0.25, 0.3) is 0 Å². The van der Waals surface area contributed by atoms with Crippen molar-refractivity contribution in [3.63, 3.8) is 0 Å². The number of halogens is 2. The van der Waals surface area contributed by atoms with E-state index in [0.717, 1.165) is 11.1 Å². The van der Waals surface area contributed by atoms with Gasteiger partial charge < -0.3 is 10.1 Å². The maximum absolute atomic E-state index is 12.3. The van der Waals surface area contributed by atoms with Gasteiger partial charge in [0.05, 0.1) is 0 Å². The van der Waals surface area contributed by atoms with Crippen molar-refractivity contribution in [3.8, 4) is 5.75 Å². The van der Waals surface area contributed by atoms with E-state index in [1.807, 2.05) is 38.1 Å². The highest BCUT2D eigenvalue weighted by Crippen LogP contribution is 2.21. The van der Waals surface area contributed by atoms with Crippen molar-refractivity contribution < 1.29 is 9.53 Å². The molecule has 1 N–H and O–H groups in total. The smallest absolute Gasteiger partial charge is 0.261 e. The largest absolute Gasteiger partial charge is 0.481 e. The highest BCUT2D eigenvalue weighted by molar-refractivity contribution is 6.35. The number of carbonyl (C=O) groups excluding carboxylic acids is 1. The van der Waals surface area contributed by atoms with Gasteiger partial charge in [-0.3, -0.25) is 4.79 Å². The highest BCUT2D eigenvalue weighted by atomic mass is 35.5. The molecule has 0 heterocycles. The molecular weight excluding hydrogens is 333 g/mol. The van der Waals surface area contributed by atoms with Crippen LogP contribution < -0.4 is 10.1 Å². The Labute approximate surface area is 146 Å². The maximum atomic E-state index is 12.3. The fourth-order valence-electron chi connectivity index (χ4n) is 2.06. The summed E-state index contributed by atoms with van der Waals surface area (Å²) < 4.78 is 5.75. The van der Waals surface area contributed by atoms with Crippen LogP contribution in [-0.4, -0.2) is 12.0 Å². The van der Waals surface area contributed by atoms with E-state index in [-0.39, 0.29) is 5.91 Å². The Bertz CT molecular complexity index is 671. The van der Waals surface area contributed by atoms with Gasteiger partial charge in [-0.15, -0.1) is 0 Å². The fraction of sp³-hybridized carbons (Fsp3) is 0.278. The van der Waals surface area contributed by atoms with Gasteiger partial charge in [0.15, 0.2) is 6.10 Å². The molecule has 23 heavy (non-hydrogen) atoms. The summed E-state index contributed by atoms with van der Waals surface area (Å²) in [5, 5.41) is 3.95. The fourth-order valence-corrected chi connectivity index (χ4v) is 2.54. The second-order valence-corrected chi connectivity index (χ2v) is 6.12. The molecular formula is C18H19Cl2NO2. The number of hydrogen-bond donors (Lipinski definition) is 1. The maximum Gasteiger partial charge on any atom is 0.261 e. The zero-order chi connectivity index (χ0) is 16.8. The number of ether oxygens (including phenoxy) is 1. The summed E-state index contributed by atoms with van der Waals surface area (Å²) in [5.74, 6) is 0.515. The van der Waals surface area contributed by atoms with E-state index >= 15 is 0 Å². The molecule has 3 nitrogen and oxygen atoms in total. The van der Waals surface area contributed by atoms with Gasteiger partial charge in [0.25, 0.3) is 5.91 Å². The third kappa shape index (κ3) is 5.15. The van der Waals surface area contributed by atoms with Crippen molar-refractivity contribution >= 4 is 29.1 Å². The molecule has 0 saturated heterocycles. The van der Waals surface area contributed by atoms with Crippen LogP contribution in [-0.2, 0) is 11.3 Å². The molecule has 1 atom stereocenters. The van der Waals surface area contributed by atoms with Crippen LogP contribution in [0.3, 0.4) is 0 Å². The second kappa shape index (κ2) is 8.23. The Morgan fingerprint density at radius 3 is 2.48 bits per heavy atom. The molecule has 5 heteroatoms. The number of amides is 1. The first kappa shape index (κ1) is 17.6. The van der Waals surface area contributed by atoms with Crippen LogP contribution in [0.4, 0.5) is 0 Å². The molecule has 1 unspecified atom stereocenters. The van der Waals surface area contributed by atoms with Gasteiger partial charge in [-0.1, -0.05) is 53.9 Å². The summed E-state index contributed by atoms with van der Waals surface area (Å²) >= 11 is 12.0. The summed E-state index contributed by atoms with van der Waals surface area (Å²) in [5.41, 5.74) is 1.96. The van der Waals surface area contributed by atoms with Gasteiger partial charge in [-0.05, 0) is 43.2 Å². The van der Waals surface area contributed by atoms with Gasteiger partial charge in [0, 0.05) is 16.6 Å². The van der Waals surface area contributed by atoms with Crippen LogP contribution in [0, 0.1) is 6.92 Å². The molecule has 1 amide bonds. The number of carbonyl (C=O) groups is 1. The topological polar surface area (TPSA) is 38.3 Å². The summed E-state index contributed by atoms with van der Waals surface area (Å²) in [7, 11) is 0. The third-order valence-electron chi connectivity index (χ3n) is 3.43. The standard InChI is InChI=1S/C18H19Cl2NO2/c1-3-17(23-15-8-4-12(2)5-9-15)18(22)21-11-13-6-7-14(19)10-16(13)20/h4-10,17H,3,11H2,1-2H3,(H,21,22). The predicted molar refractivity (Wildman–Crippen MR) is 94.2 cm³/mol. The molecule has 0 aromatic heterocycles. The van der Waals surface area contributed by atoms with E-state index in [0.29, 0.717) is 28.8 Å². The minimum absolute atomic E-state index is 0.168. The van der Waals surface area contributed by atoms with Gasteiger partial charge in [0.2, 0.25) is 0 Å². The van der Waals surface area contributed by atoms with Gasteiger partial charge in [0.1, 0.15) is 5.75 Å². The van der Waals surface area contributed by atoms with E-state index in [4.69, 9.17) is 27.9 Å². The van der Waals surface area contributed by atoms with Gasteiger partial charge in [-0.2, -0.15) is 0 Å². The first-order valence-electron chi connectivity index (χ1n) is 7.44. The molecule has 2 aromatic carbocycles. The Morgan fingerprint density at radius 2 is 1.87 bits per heavy atom. The van der Waals surface area contributed by atoms with E-state index in [1.54, 1.807) is 18.2 Å². The first-order valence-corrected chi connectivity index (χ1v) is 8.20. The second-order valence-electron chi connectivity index (χ2n) is 5.28. The third-order valence-corrected chi connectivity index (χ3v) is 4.02. The molecule has 0 fully saturated rings. The lowest BCUT2D eigenvalue weighted by Gasteiger charge is -2.17. The summed E-state index contributed by atoms with van der Waals surface area (Å²) in [4.78, 5) is 12.3. The highest BCUT2D eigenvalue weighted by Gasteiger charge is 2.18. The molecule has 0 aliphatic rings. The number of rotatable bonds is 6. The molecule has 2 aromatic rings. The molecule has 0 aliphatic carbocycles. The molecule has 0 aliphatic heterocycles. The summed E-state index contributed by atoms with van der Waals surface area (Å²) in [6, 6.07) is 12.8. The van der Waals surface area contributed by atoms with Crippen LogP contribution >= 0.6 is 23.2 Å². The lowest BCUT2D eigenvalue weighted by Crippen LogP contribution is -2.37. The Balaban J connectivity index is 1.95. The number of benzene rings is 2. The van der Waals surface area contributed by atoms with E-state index in [9.17, 15) is 4.79 Å². The lowest BCUT2D eigenvalue weighted by molar-refractivity contribution is -0.128. The molecule has 2 rings (SSSR count). The summed E-state index contributed by atoms with van der Waals surface area (Å²) in [6.07, 6.45) is 0.0393. The molecule has 0 radical (unpaired) electrons. The van der Waals surface area contributed by atoms with Crippen LogP contribution in [0.1, 0.15) is 24.5 Å². The quantitative estimate of drug-likeness (QED) is 0.813. The Kier molecular flexibility index (Phi) is 6.31. The van der Waals surface area contributed by atoms with Crippen LogP contribution in [0.5, 0.6) is 5.75 Å². The zero-order valence-corrected chi connectivity index (χ0v) is 14.6. The zero-order valence-electron chi connectivity index (χ0n) is 13.1. The van der Waals surface area contributed by atoms with Crippen molar-refractivity contribution in [2.24, 2.45) is 0 Å². The molecule has 0 spiro atoms. The molecule has 122 valence electrons. The van der Waals surface area contributed by atoms with E-state index in [1.165, 1.54) is 0 Å². The number of nitrogens with one attached hydrogen (secondary N) is 1. The SMILES string of the molecule is CCC(Oc1ccc(C)cc1)C(=O)NCc1ccc(Cl)cc1Cl. The van der Waals surface area contributed by atoms with Gasteiger partial charge >= 0.3 is 0 Å². The van der Waals surface area contributed by atoms with Crippen LogP contribution in [0.15, 0.2) is 42.5 Å². The Hall–Kier alpha value is -1.71. The van der Waals surface area contributed by atoms with Crippen LogP contribution in [0.2, 0.25) is 10.0 Å². The predicted octanol–water partition coefficient (Wildman–Crippen LogP) is 4.78. The van der Waals surface area contributed by atoms with Crippen molar-refractivity contribution in [2.75, 3.05) is 0 Å². The Morgan fingerprint density at radius 1 is 1.17 bits per heavy atom. The van der Waals surface area contributed by atoms with Crippen molar-refractivity contribution in [3.05, 3.63) is 63.6 Å². The van der Waals surface area contributed by atoms with E-state index < -0.39 is 6.10 Å². The summed E-state index contributed by atoms with van der Waals surface area (Å²) in [6.45, 7) is 4.25. The van der Waals surface area contributed by atoms with Crippen molar-refractivity contribution in [1.82, 2.24) is 5.32 Å². The molecule has 0 saturated carbocycles.